The quantitative estimate of drug-likeness (QED) is 0.0198. The fourth-order valence-electron chi connectivity index (χ4n) is 4.63. The molecule has 0 bridgehead atoms. The minimum absolute atomic E-state index is 0.0681. The average molecular weight is 735 g/mol. The van der Waals surface area contributed by atoms with Crippen LogP contribution in [0.2, 0.25) is 0 Å². The van der Waals surface area contributed by atoms with Gasteiger partial charge >= 0.3 is 19.8 Å². The van der Waals surface area contributed by atoms with Crippen molar-refractivity contribution >= 4 is 19.8 Å². The summed E-state index contributed by atoms with van der Waals surface area (Å²) >= 11 is 0. The van der Waals surface area contributed by atoms with Gasteiger partial charge < -0.3 is 24.4 Å². The fraction of sp³-hybridized carbons (Fsp3) is 0.610. The third-order valence-corrected chi connectivity index (χ3v) is 7.96. The second-order valence-corrected chi connectivity index (χ2v) is 13.6. The molecule has 0 fully saturated rings. The van der Waals surface area contributed by atoms with Gasteiger partial charge in [-0.1, -0.05) is 131 Å². The minimum atomic E-state index is -4.80. The molecule has 0 saturated carbocycles. The predicted octanol–water partition coefficient (Wildman–Crippen LogP) is 10.3. The summed E-state index contributed by atoms with van der Waals surface area (Å²) in [4.78, 5) is 42.7. The van der Waals surface area contributed by atoms with E-state index in [0.29, 0.717) is 25.7 Å². The highest BCUT2D eigenvalue weighted by molar-refractivity contribution is 7.46. The molecule has 0 aliphatic carbocycles. The number of phosphoric acid groups is 1. The van der Waals surface area contributed by atoms with E-state index in [1.165, 1.54) is 19.3 Å². The highest BCUT2D eigenvalue weighted by Gasteiger charge is 2.22. The zero-order chi connectivity index (χ0) is 37.7. The number of esters is 2. The van der Waals surface area contributed by atoms with Gasteiger partial charge in [0.05, 0.1) is 12.7 Å². The molecule has 0 aromatic rings. The molecule has 0 radical (unpaired) electrons. The molecule has 10 heteroatoms. The van der Waals surface area contributed by atoms with Crippen LogP contribution in [-0.4, -0.2) is 52.3 Å². The molecule has 2 atom stereocenters. The van der Waals surface area contributed by atoms with Crippen LogP contribution in [0.3, 0.4) is 0 Å². The number of aliphatic hydroxyl groups is 1. The normalized spacial score (nSPS) is 14.1. The summed E-state index contributed by atoms with van der Waals surface area (Å²) in [7, 11) is -4.80. The highest BCUT2D eigenvalue weighted by Crippen LogP contribution is 2.35. The molecule has 0 heterocycles. The number of hydrogen-bond acceptors (Lipinski definition) is 7. The molecule has 51 heavy (non-hydrogen) atoms. The van der Waals surface area contributed by atoms with E-state index in [-0.39, 0.29) is 19.4 Å². The molecule has 0 saturated heterocycles. The lowest BCUT2D eigenvalue weighted by atomic mass is 10.1. The first kappa shape index (κ1) is 48.2. The molecule has 0 amide bonds. The summed E-state index contributed by atoms with van der Waals surface area (Å²) in [5.74, 6) is -1.04. The Morgan fingerprint density at radius 3 is 1.86 bits per heavy atom. The maximum Gasteiger partial charge on any atom is 0.469 e. The number of phosphoric ester groups is 1. The van der Waals surface area contributed by atoms with Crippen molar-refractivity contribution < 1.29 is 43.0 Å². The molecule has 1 unspecified atom stereocenters. The van der Waals surface area contributed by atoms with Crippen molar-refractivity contribution in [2.75, 3.05) is 13.2 Å². The van der Waals surface area contributed by atoms with E-state index < -0.39 is 38.6 Å². The van der Waals surface area contributed by atoms with E-state index in [4.69, 9.17) is 19.3 Å². The number of allylic oxidation sites excluding steroid dienone is 12. The number of unbranched alkanes of at least 4 members (excludes halogenated alkanes) is 9. The number of rotatable bonds is 33. The smallest absolute Gasteiger partial charge is 0.462 e. The average Bonchev–Trinajstić information content (AvgIpc) is 3.09. The van der Waals surface area contributed by atoms with Gasteiger partial charge in [0.15, 0.2) is 6.10 Å². The molecular formula is C41H67O9P. The van der Waals surface area contributed by atoms with Crippen molar-refractivity contribution in [2.24, 2.45) is 0 Å². The van der Waals surface area contributed by atoms with Crippen molar-refractivity contribution in [1.29, 1.82) is 0 Å². The lowest BCUT2D eigenvalue weighted by Crippen LogP contribution is -2.29. The second kappa shape index (κ2) is 35.6. The maximum absolute atomic E-state index is 12.4. The first-order valence-electron chi connectivity index (χ1n) is 19.0. The number of carbonyl (C=O) groups is 2. The topological polar surface area (TPSA) is 140 Å². The molecule has 0 aliphatic rings. The lowest BCUT2D eigenvalue weighted by molar-refractivity contribution is -0.161. The van der Waals surface area contributed by atoms with Crippen LogP contribution in [0, 0.1) is 0 Å². The van der Waals surface area contributed by atoms with Crippen LogP contribution in [0.5, 0.6) is 0 Å². The van der Waals surface area contributed by atoms with E-state index in [0.717, 1.165) is 64.2 Å². The van der Waals surface area contributed by atoms with E-state index >= 15 is 0 Å². The van der Waals surface area contributed by atoms with E-state index in [1.54, 1.807) is 18.2 Å². The molecule has 0 aliphatic heterocycles. The Kier molecular flexibility index (Phi) is 33.6. The third kappa shape index (κ3) is 38.3. The molecule has 3 N–H and O–H groups in total. The Morgan fingerprint density at radius 1 is 0.627 bits per heavy atom. The highest BCUT2D eigenvalue weighted by atomic mass is 31.2. The Morgan fingerprint density at radius 2 is 1.20 bits per heavy atom. The van der Waals surface area contributed by atoms with Gasteiger partial charge in [-0.15, -0.1) is 0 Å². The van der Waals surface area contributed by atoms with Crippen LogP contribution in [0.1, 0.15) is 136 Å². The SMILES string of the molecule is CC/C=C\C/C=C\C/C=C\CCCCCCCC(=O)OC[C@H](COP(=O)(O)O)OC(=O)CCC/C=C/C=C\C(O)C/C=C\C/C=C\CCCCC. The van der Waals surface area contributed by atoms with Crippen molar-refractivity contribution in [3.8, 4) is 0 Å². The third-order valence-electron chi connectivity index (χ3n) is 7.48. The molecule has 0 spiro atoms. The number of carbonyl (C=O) groups excluding carboxylic acids is 2. The molecule has 9 nitrogen and oxygen atoms in total. The number of hydrogen-bond donors (Lipinski definition) is 3. The van der Waals surface area contributed by atoms with Crippen molar-refractivity contribution in [1.82, 2.24) is 0 Å². The van der Waals surface area contributed by atoms with Gasteiger partial charge in [0, 0.05) is 12.8 Å². The molecule has 290 valence electrons. The standard InChI is InChI=1S/C41H67O9P/c1-3-5-7-9-11-13-14-15-16-17-18-20-22-26-30-34-40(43)48-36-39(37-49-51(45,46)47)50-41(44)35-31-27-23-25-29-33-38(42)32-28-24-21-19-12-10-8-6-4-2/h5,7,11-13,15-16,19,23-25,28-29,33,38-39,42H,3-4,6,8-10,14,17-18,20-22,26-27,30-32,34-37H2,1-2H3,(H2,45,46,47)/b7-5-,13-11-,16-15-,19-12-,25-23+,28-24-,33-29-/t38?,39-/m1/s1. The summed E-state index contributed by atoms with van der Waals surface area (Å²) in [6.45, 7) is 3.38. The fourth-order valence-corrected chi connectivity index (χ4v) is 4.99. The minimum Gasteiger partial charge on any atom is -0.462 e. The van der Waals surface area contributed by atoms with Crippen molar-refractivity contribution in [3.05, 3.63) is 85.1 Å². The van der Waals surface area contributed by atoms with Gasteiger partial charge in [-0.25, -0.2) is 4.57 Å². The molecule has 0 rings (SSSR count). The Labute approximate surface area is 308 Å². The van der Waals surface area contributed by atoms with E-state index in [2.05, 4.69) is 67.0 Å². The Bertz CT molecular complexity index is 1110. The van der Waals surface area contributed by atoms with Gasteiger partial charge in [-0.05, 0) is 77.0 Å². The summed E-state index contributed by atoms with van der Waals surface area (Å²) in [6.07, 6.45) is 43.3. The summed E-state index contributed by atoms with van der Waals surface area (Å²) in [5.41, 5.74) is 0. The first-order valence-corrected chi connectivity index (χ1v) is 20.5. The van der Waals surface area contributed by atoms with Crippen LogP contribution in [0.15, 0.2) is 85.1 Å². The van der Waals surface area contributed by atoms with Gasteiger partial charge in [-0.3, -0.25) is 14.1 Å². The van der Waals surface area contributed by atoms with Gasteiger partial charge in [-0.2, -0.15) is 0 Å². The largest absolute Gasteiger partial charge is 0.469 e. The van der Waals surface area contributed by atoms with Gasteiger partial charge in [0.1, 0.15) is 6.61 Å². The van der Waals surface area contributed by atoms with E-state index in [1.807, 2.05) is 18.2 Å². The Balaban J connectivity index is 4.21. The predicted molar refractivity (Wildman–Crippen MR) is 208 cm³/mol. The maximum atomic E-state index is 12.4. The van der Waals surface area contributed by atoms with E-state index in [9.17, 15) is 19.3 Å². The summed E-state index contributed by atoms with van der Waals surface area (Å²) in [6, 6.07) is 0. The molecule has 0 aromatic carbocycles. The van der Waals surface area contributed by atoms with Crippen LogP contribution in [0.25, 0.3) is 0 Å². The first-order chi connectivity index (χ1) is 24.7. The zero-order valence-electron chi connectivity index (χ0n) is 31.3. The zero-order valence-corrected chi connectivity index (χ0v) is 32.2. The van der Waals surface area contributed by atoms with Crippen molar-refractivity contribution in [3.63, 3.8) is 0 Å². The van der Waals surface area contributed by atoms with Crippen LogP contribution in [0.4, 0.5) is 0 Å². The lowest BCUT2D eigenvalue weighted by Gasteiger charge is -2.18. The van der Waals surface area contributed by atoms with Crippen LogP contribution in [-0.2, 0) is 28.2 Å². The van der Waals surface area contributed by atoms with Gasteiger partial charge in [0.25, 0.3) is 0 Å². The van der Waals surface area contributed by atoms with Crippen LogP contribution >= 0.6 is 7.82 Å². The van der Waals surface area contributed by atoms with Crippen molar-refractivity contribution in [2.45, 2.75) is 148 Å². The summed E-state index contributed by atoms with van der Waals surface area (Å²) in [5, 5.41) is 10.1. The number of aliphatic hydroxyl groups excluding tert-OH is 1. The monoisotopic (exact) mass is 734 g/mol. The van der Waals surface area contributed by atoms with Gasteiger partial charge in [0.2, 0.25) is 0 Å². The molecule has 0 aromatic heterocycles. The number of ether oxygens (including phenoxy) is 2. The Hall–Kier alpha value is -2.81. The van der Waals surface area contributed by atoms with Crippen LogP contribution < -0.4 is 0 Å². The summed E-state index contributed by atoms with van der Waals surface area (Å²) < 4.78 is 26.2. The molecular weight excluding hydrogens is 667 g/mol. The second-order valence-electron chi connectivity index (χ2n) is 12.4.